The van der Waals surface area contributed by atoms with Crippen LogP contribution in [0, 0.1) is 23.4 Å². The summed E-state index contributed by atoms with van der Waals surface area (Å²) in [7, 11) is 0. The van der Waals surface area contributed by atoms with E-state index in [1.54, 1.807) is 4.57 Å². The summed E-state index contributed by atoms with van der Waals surface area (Å²) in [6.07, 6.45) is 5.53. The number of aromatic nitrogens is 4. The van der Waals surface area contributed by atoms with Gasteiger partial charge in [0.05, 0.1) is 12.3 Å². The molecule has 2 aromatic heterocycles. The topological polar surface area (TPSA) is 131 Å². The first-order chi connectivity index (χ1) is 16.8. The Balaban J connectivity index is 1.52. The Morgan fingerprint density at radius 3 is 2.40 bits per heavy atom. The minimum absolute atomic E-state index is 0.0322. The van der Waals surface area contributed by atoms with E-state index in [0.717, 1.165) is 6.42 Å². The molecule has 0 radical (unpaired) electrons. The molecule has 5 rings (SSSR count). The zero-order chi connectivity index (χ0) is 24.7. The number of nitrogens with one attached hydrogen (secondary N) is 2. The highest BCUT2D eigenvalue weighted by Gasteiger charge is 2.30. The van der Waals surface area contributed by atoms with Crippen LogP contribution in [-0.2, 0) is 4.79 Å². The van der Waals surface area contributed by atoms with Crippen LogP contribution in [0.2, 0.25) is 0 Å². The van der Waals surface area contributed by atoms with Crippen molar-refractivity contribution in [3.05, 3.63) is 35.8 Å². The average molecular weight is 490 g/mol. The molecule has 2 aliphatic carbocycles. The number of benzene rings is 1. The number of amides is 1. The lowest BCUT2D eigenvalue weighted by Gasteiger charge is -2.29. The Morgan fingerprint density at radius 1 is 1.06 bits per heavy atom. The predicted molar refractivity (Wildman–Crippen MR) is 122 cm³/mol. The van der Waals surface area contributed by atoms with Crippen LogP contribution in [0.25, 0.3) is 11.2 Å². The highest BCUT2D eigenvalue weighted by atomic mass is 19.1. The predicted octanol–water partition coefficient (Wildman–Crippen LogP) is 3.53. The fourth-order valence-corrected chi connectivity index (χ4v) is 5.06. The van der Waals surface area contributed by atoms with E-state index < -0.39 is 23.1 Å². The lowest BCUT2D eigenvalue weighted by Crippen LogP contribution is -2.29. The van der Waals surface area contributed by atoms with Gasteiger partial charge in [-0.2, -0.15) is 4.98 Å². The number of rotatable bonds is 6. The monoisotopic (exact) mass is 489 g/mol. The SMILES string of the molecule is NC(=O)[C@H]1CC[C@@H](n2c(Nc3c(F)cc(F)cc3F)nc3cnc(N[C@@H]4CC[C@H](O)C4)nc32)CC1. The molecule has 3 aromatic rings. The molecule has 2 aliphatic rings. The molecule has 1 aromatic carbocycles. The molecule has 2 saturated carbocycles. The van der Waals surface area contributed by atoms with Gasteiger partial charge in [-0.25, -0.2) is 23.1 Å². The van der Waals surface area contributed by atoms with Gasteiger partial charge in [-0.1, -0.05) is 0 Å². The fraction of sp³-hybridized carbons (Fsp3) is 0.478. The van der Waals surface area contributed by atoms with E-state index in [9.17, 15) is 23.1 Å². The third kappa shape index (κ3) is 4.75. The smallest absolute Gasteiger partial charge is 0.224 e. The van der Waals surface area contributed by atoms with Gasteiger partial charge in [-0.15, -0.1) is 0 Å². The van der Waals surface area contributed by atoms with Gasteiger partial charge in [-0.3, -0.25) is 9.36 Å². The second-order valence-electron chi connectivity index (χ2n) is 9.29. The molecule has 0 saturated heterocycles. The van der Waals surface area contributed by atoms with Gasteiger partial charge in [0.25, 0.3) is 0 Å². The molecule has 0 aliphatic heterocycles. The molecule has 5 N–H and O–H groups in total. The molecule has 1 amide bonds. The molecule has 0 unspecified atom stereocenters. The zero-order valence-corrected chi connectivity index (χ0v) is 18.8. The van der Waals surface area contributed by atoms with Crippen molar-refractivity contribution in [3.63, 3.8) is 0 Å². The largest absolute Gasteiger partial charge is 0.393 e. The molecule has 186 valence electrons. The summed E-state index contributed by atoms with van der Waals surface area (Å²) in [6, 6.07) is 1.05. The Hall–Kier alpha value is -3.41. The Labute approximate surface area is 199 Å². The molecule has 12 heteroatoms. The van der Waals surface area contributed by atoms with Crippen molar-refractivity contribution in [2.24, 2.45) is 11.7 Å². The number of primary amides is 1. The zero-order valence-electron chi connectivity index (χ0n) is 18.8. The summed E-state index contributed by atoms with van der Waals surface area (Å²) < 4.78 is 44.0. The van der Waals surface area contributed by atoms with E-state index in [-0.39, 0.29) is 36.0 Å². The number of aliphatic hydroxyl groups is 1. The molecule has 2 atom stereocenters. The van der Waals surface area contributed by atoms with Crippen LogP contribution in [0.1, 0.15) is 51.0 Å². The lowest BCUT2D eigenvalue weighted by atomic mass is 9.85. The third-order valence-electron chi connectivity index (χ3n) is 6.88. The summed E-state index contributed by atoms with van der Waals surface area (Å²) in [5, 5.41) is 15.7. The number of carbonyl (C=O) groups is 1. The number of anilines is 3. The molecular weight excluding hydrogens is 463 g/mol. The molecule has 35 heavy (non-hydrogen) atoms. The van der Waals surface area contributed by atoms with E-state index in [1.807, 2.05) is 0 Å². The Bertz CT molecular complexity index is 1240. The lowest BCUT2D eigenvalue weighted by molar-refractivity contribution is -0.122. The summed E-state index contributed by atoms with van der Waals surface area (Å²) >= 11 is 0. The van der Waals surface area contributed by atoms with Crippen molar-refractivity contribution in [2.75, 3.05) is 10.6 Å². The van der Waals surface area contributed by atoms with Crippen molar-refractivity contribution in [2.45, 2.75) is 63.1 Å². The number of aliphatic hydroxyl groups excluding tert-OH is 1. The van der Waals surface area contributed by atoms with Gasteiger partial charge in [-0.05, 0) is 44.9 Å². The number of hydrogen-bond donors (Lipinski definition) is 4. The van der Waals surface area contributed by atoms with Crippen LogP contribution >= 0.6 is 0 Å². The first-order valence-electron chi connectivity index (χ1n) is 11.7. The number of carbonyl (C=O) groups excluding carboxylic acids is 1. The number of nitrogens with two attached hydrogens (primary N) is 1. The molecular formula is C23H26F3N7O2. The molecule has 0 bridgehead atoms. The summed E-state index contributed by atoms with van der Waals surface area (Å²) in [6.45, 7) is 0. The number of nitrogens with zero attached hydrogens (tertiary/aromatic N) is 4. The average Bonchev–Trinajstić information content (AvgIpc) is 3.38. The number of halogens is 3. The van der Waals surface area contributed by atoms with Crippen LogP contribution in [0.5, 0.6) is 0 Å². The van der Waals surface area contributed by atoms with Crippen molar-refractivity contribution >= 4 is 34.7 Å². The van der Waals surface area contributed by atoms with Crippen LogP contribution in [-0.4, -0.2) is 42.7 Å². The first kappa shape index (κ1) is 23.3. The van der Waals surface area contributed by atoms with Gasteiger partial charge in [0.2, 0.25) is 17.8 Å². The highest BCUT2D eigenvalue weighted by molar-refractivity contribution is 5.78. The van der Waals surface area contributed by atoms with Crippen LogP contribution in [0.15, 0.2) is 18.3 Å². The van der Waals surface area contributed by atoms with Gasteiger partial charge in [0.1, 0.15) is 17.0 Å². The van der Waals surface area contributed by atoms with Gasteiger partial charge in [0, 0.05) is 30.1 Å². The second-order valence-corrected chi connectivity index (χ2v) is 9.29. The van der Waals surface area contributed by atoms with E-state index in [1.165, 1.54) is 6.20 Å². The summed E-state index contributed by atoms with van der Waals surface area (Å²) in [5.74, 6) is -3.30. The number of hydrogen-bond acceptors (Lipinski definition) is 7. The Morgan fingerprint density at radius 2 is 1.77 bits per heavy atom. The quantitative estimate of drug-likeness (QED) is 0.417. The number of fused-ring (bicyclic) bond motifs is 1. The summed E-state index contributed by atoms with van der Waals surface area (Å²) in [4.78, 5) is 25.0. The molecule has 9 nitrogen and oxygen atoms in total. The van der Waals surface area contributed by atoms with Gasteiger partial charge >= 0.3 is 0 Å². The maximum absolute atomic E-state index is 14.4. The van der Waals surface area contributed by atoms with Crippen molar-refractivity contribution in [3.8, 4) is 0 Å². The molecule has 2 fully saturated rings. The molecule has 0 spiro atoms. The maximum atomic E-state index is 14.4. The minimum atomic E-state index is -1.09. The normalized spacial score (nSPS) is 24.6. The minimum Gasteiger partial charge on any atom is -0.393 e. The van der Waals surface area contributed by atoms with Gasteiger partial charge in [0.15, 0.2) is 17.3 Å². The van der Waals surface area contributed by atoms with E-state index in [0.29, 0.717) is 67.8 Å². The second kappa shape index (κ2) is 9.33. The van der Waals surface area contributed by atoms with Crippen LogP contribution in [0.4, 0.5) is 30.8 Å². The van der Waals surface area contributed by atoms with Crippen LogP contribution in [0.3, 0.4) is 0 Å². The van der Waals surface area contributed by atoms with Gasteiger partial charge < -0.3 is 21.5 Å². The van der Waals surface area contributed by atoms with Crippen molar-refractivity contribution in [1.82, 2.24) is 19.5 Å². The van der Waals surface area contributed by atoms with Crippen molar-refractivity contribution < 1.29 is 23.1 Å². The van der Waals surface area contributed by atoms with E-state index >= 15 is 0 Å². The van der Waals surface area contributed by atoms with Crippen molar-refractivity contribution in [1.29, 1.82) is 0 Å². The number of imidazole rings is 1. The maximum Gasteiger partial charge on any atom is 0.224 e. The van der Waals surface area contributed by atoms with E-state index in [4.69, 9.17) is 5.73 Å². The van der Waals surface area contributed by atoms with E-state index in [2.05, 4.69) is 25.6 Å². The van der Waals surface area contributed by atoms with Crippen LogP contribution < -0.4 is 16.4 Å². The fourth-order valence-electron chi connectivity index (χ4n) is 5.06. The standard InChI is InChI=1S/C23H26F3N7O2/c24-12-7-16(25)19(17(26)8-12)31-23-30-18-10-28-22(29-13-3-6-15(34)9-13)32-21(18)33(23)14-4-1-11(2-5-14)20(27)35/h7-8,10-11,13-15,34H,1-6,9H2,(H2,27,35)(H,30,31)(H,28,29,32)/t11-,13-,14+,15+/m1/s1. The Kier molecular flexibility index (Phi) is 6.22. The first-order valence-corrected chi connectivity index (χ1v) is 11.7. The highest BCUT2D eigenvalue weighted by Crippen LogP contribution is 2.37. The molecule has 2 heterocycles. The summed E-state index contributed by atoms with van der Waals surface area (Å²) in [5.41, 5.74) is 5.81. The third-order valence-corrected chi connectivity index (χ3v) is 6.88.